The largest absolute Gasteiger partial charge is 0.271 e. The fourth-order valence-electron chi connectivity index (χ4n) is 1.79. The van der Waals surface area contributed by atoms with E-state index in [9.17, 15) is 0 Å². The average molecular weight is 213 g/mol. The second-order valence-electron chi connectivity index (χ2n) is 3.74. The number of pyridine rings is 1. The second kappa shape index (κ2) is 4.88. The predicted octanol–water partition coefficient (Wildman–Crippen LogP) is 1.94. The molecule has 2 rings (SSSR count). The highest BCUT2D eigenvalue weighted by Gasteiger charge is 2.13. The summed E-state index contributed by atoms with van der Waals surface area (Å²) >= 11 is 0. The number of hydrogen-bond acceptors (Lipinski definition) is 3. The molecule has 0 aliphatic heterocycles. The lowest BCUT2D eigenvalue weighted by molar-refractivity contribution is 0.631. The van der Waals surface area contributed by atoms with Crippen LogP contribution in [0.5, 0.6) is 0 Å². The van der Waals surface area contributed by atoms with Crippen LogP contribution in [0.3, 0.4) is 0 Å². The number of aromatic nitrogens is 1. The van der Waals surface area contributed by atoms with Gasteiger partial charge in [0.05, 0.1) is 6.04 Å². The Bertz CT molecular complexity index is 454. The molecule has 1 heterocycles. The van der Waals surface area contributed by atoms with Crippen LogP contribution in [0.25, 0.3) is 0 Å². The summed E-state index contributed by atoms with van der Waals surface area (Å²) in [5, 5.41) is 0. The van der Waals surface area contributed by atoms with Crippen molar-refractivity contribution in [2.24, 2.45) is 5.84 Å². The maximum atomic E-state index is 5.63. The van der Waals surface area contributed by atoms with Gasteiger partial charge in [0.25, 0.3) is 0 Å². The molecular formula is C13H15N3. The Balaban J connectivity index is 2.41. The predicted molar refractivity (Wildman–Crippen MR) is 64.6 cm³/mol. The molecule has 1 aromatic carbocycles. The molecule has 0 saturated heterocycles. The van der Waals surface area contributed by atoms with E-state index >= 15 is 0 Å². The van der Waals surface area contributed by atoms with Crippen LogP contribution in [0.15, 0.2) is 48.8 Å². The van der Waals surface area contributed by atoms with Gasteiger partial charge < -0.3 is 0 Å². The quantitative estimate of drug-likeness (QED) is 0.605. The minimum atomic E-state index is -0.00472. The maximum absolute atomic E-state index is 5.63. The Morgan fingerprint density at radius 3 is 2.56 bits per heavy atom. The van der Waals surface area contributed by atoms with E-state index in [1.54, 1.807) is 6.20 Å². The van der Waals surface area contributed by atoms with Gasteiger partial charge in [-0.2, -0.15) is 0 Å². The number of hydrogen-bond donors (Lipinski definition) is 2. The molecule has 16 heavy (non-hydrogen) atoms. The van der Waals surface area contributed by atoms with Crippen molar-refractivity contribution in [1.82, 2.24) is 10.4 Å². The third-order valence-corrected chi connectivity index (χ3v) is 2.69. The summed E-state index contributed by atoms with van der Waals surface area (Å²) < 4.78 is 0. The molecule has 0 aliphatic carbocycles. The number of aryl methyl sites for hydroxylation is 1. The molecule has 82 valence electrons. The Morgan fingerprint density at radius 2 is 1.94 bits per heavy atom. The summed E-state index contributed by atoms with van der Waals surface area (Å²) in [4.78, 5) is 4.14. The van der Waals surface area contributed by atoms with Gasteiger partial charge in [-0.1, -0.05) is 30.3 Å². The lowest BCUT2D eigenvalue weighted by Gasteiger charge is -2.18. The van der Waals surface area contributed by atoms with Crippen LogP contribution < -0.4 is 11.3 Å². The van der Waals surface area contributed by atoms with E-state index in [4.69, 9.17) is 5.84 Å². The third kappa shape index (κ3) is 2.10. The minimum Gasteiger partial charge on any atom is -0.271 e. The van der Waals surface area contributed by atoms with Crippen LogP contribution in [-0.4, -0.2) is 4.98 Å². The number of nitrogens with two attached hydrogens (primary N) is 1. The standard InChI is InChI=1S/C13H15N3/c1-10-7-8-15-9-12(10)13(16-14)11-5-3-2-4-6-11/h2-9,13,16H,14H2,1H3. The first-order chi connectivity index (χ1) is 7.83. The van der Waals surface area contributed by atoms with Gasteiger partial charge in [-0.05, 0) is 29.7 Å². The van der Waals surface area contributed by atoms with Gasteiger partial charge in [-0.25, -0.2) is 5.43 Å². The molecule has 0 radical (unpaired) electrons. The van der Waals surface area contributed by atoms with Gasteiger partial charge in [0.2, 0.25) is 0 Å². The van der Waals surface area contributed by atoms with E-state index in [0.717, 1.165) is 11.1 Å². The highest BCUT2D eigenvalue weighted by molar-refractivity contribution is 5.34. The molecule has 0 saturated carbocycles. The molecule has 0 amide bonds. The summed E-state index contributed by atoms with van der Waals surface area (Å²) in [5.74, 6) is 5.63. The SMILES string of the molecule is Cc1ccncc1C(NN)c1ccccc1. The molecule has 1 atom stereocenters. The third-order valence-electron chi connectivity index (χ3n) is 2.69. The first-order valence-electron chi connectivity index (χ1n) is 5.24. The fourth-order valence-corrected chi connectivity index (χ4v) is 1.79. The first-order valence-corrected chi connectivity index (χ1v) is 5.24. The van der Waals surface area contributed by atoms with E-state index in [0.29, 0.717) is 0 Å². The number of nitrogens with zero attached hydrogens (tertiary/aromatic N) is 1. The smallest absolute Gasteiger partial charge is 0.0727 e. The van der Waals surface area contributed by atoms with E-state index in [-0.39, 0.29) is 6.04 Å². The number of hydrazine groups is 1. The van der Waals surface area contributed by atoms with Crippen LogP contribution >= 0.6 is 0 Å². The zero-order valence-electron chi connectivity index (χ0n) is 9.22. The summed E-state index contributed by atoms with van der Waals surface area (Å²) in [6.45, 7) is 2.06. The van der Waals surface area contributed by atoms with Gasteiger partial charge in [-0.15, -0.1) is 0 Å². The van der Waals surface area contributed by atoms with Crippen LogP contribution in [-0.2, 0) is 0 Å². The summed E-state index contributed by atoms with van der Waals surface area (Å²) in [5.41, 5.74) is 6.27. The molecule has 2 aromatic rings. The number of nitrogens with one attached hydrogen (secondary N) is 1. The number of benzene rings is 1. The van der Waals surface area contributed by atoms with E-state index < -0.39 is 0 Å². The van der Waals surface area contributed by atoms with Crippen molar-refractivity contribution in [3.05, 3.63) is 65.5 Å². The van der Waals surface area contributed by atoms with Gasteiger partial charge in [0.15, 0.2) is 0 Å². The van der Waals surface area contributed by atoms with Gasteiger partial charge in [0.1, 0.15) is 0 Å². The van der Waals surface area contributed by atoms with Crippen LogP contribution in [0.4, 0.5) is 0 Å². The Morgan fingerprint density at radius 1 is 1.19 bits per heavy atom. The van der Waals surface area contributed by atoms with Crippen molar-refractivity contribution in [3.63, 3.8) is 0 Å². The van der Waals surface area contributed by atoms with E-state index in [1.807, 2.05) is 30.5 Å². The number of rotatable bonds is 3. The molecule has 0 fully saturated rings. The minimum absolute atomic E-state index is 0.00472. The van der Waals surface area contributed by atoms with Crippen molar-refractivity contribution in [2.45, 2.75) is 13.0 Å². The molecule has 1 aromatic heterocycles. The van der Waals surface area contributed by atoms with Crippen molar-refractivity contribution >= 4 is 0 Å². The summed E-state index contributed by atoms with van der Waals surface area (Å²) in [6, 6.07) is 12.1. The molecule has 3 nitrogen and oxygen atoms in total. The molecule has 0 spiro atoms. The highest BCUT2D eigenvalue weighted by atomic mass is 15.2. The average Bonchev–Trinajstić information content (AvgIpc) is 2.34. The van der Waals surface area contributed by atoms with Gasteiger partial charge in [0, 0.05) is 12.4 Å². The molecule has 3 N–H and O–H groups in total. The topological polar surface area (TPSA) is 50.9 Å². The highest BCUT2D eigenvalue weighted by Crippen LogP contribution is 2.22. The van der Waals surface area contributed by atoms with Gasteiger partial charge in [-0.3, -0.25) is 10.8 Å². The monoisotopic (exact) mass is 213 g/mol. The lowest BCUT2D eigenvalue weighted by atomic mass is 9.97. The van der Waals surface area contributed by atoms with Gasteiger partial charge >= 0.3 is 0 Å². The Kier molecular flexibility index (Phi) is 3.29. The Labute approximate surface area is 95.3 Å². The normalized spacial score (nSPS) is 12.4. The van der Waals surface area contributed by atoms with E-state index in [1.165, 1.54) is 5.56 Å². The Hall–Kier alpha value is -1.71. The first kappa shape index (κ1) is 10.8. The molecular weight excluding hydrogens is 198 g/mol. The fraction of sp³-hybridized carbons (Fsp3) is 0.154. The molecule has 0 bridgehead atoms. The van der Waals surface area contributed by atoms with Crippen molar-refractivity contribution in [2.75, 3.05) is 0 Å². The second-order valence-corrected chi connectivity index (χ2v) is 3.74. The van der Waals surface area contributed by atoms with E-state index in [2.05, 4.69) is 29.5 Å². The lowest BCUT2D eigenvalue weighted by Crippen LogP contribution is -2.29. The van der Waals surface area contributed by atoms with Crippen LogP contribution in [0.2, 0.25) is 0 Å². The maximum Gasteiger partial charge on any atom is 0.0727 e. The zero-order valence-corrected chi connectivity index (χ0v) is 9.22. The summed E-state index contributed by atoms with van der Waals surface area (Å²) in [6.07, 6.45) is 3.64. The van der Waals surface area contributed by atoms with Crippen LogP contribution in [0, 0.1) is 6.92 Å². The molecule has 3 heteroatoms. The van der Waals surface area contributed by atoms with Crippen molar-refractivity contribution in [1.29, 1.82) is 0 Å². The van der Waals surface area contributed by atoms with Crippen LogP contribution in [0.1, 0.15) is 22.7 Å². The molecule has 1 unspecified atom stereocenters. The molecule has 0 aliphatic rings. The summed E-state index contributed by atoms with van der Waals surface area (Å²) in [7, 11) is 0. The van der Waals surface area contributed by atoms with Crippen molar-refractivity contribution < 1.29 is 0 Å². The zero-order chi connectivity index (χ0) is 11.4. The van der Waals surface area contributed by atoms with Crippen molar-refractivity contribution in [3.8, 4) is 0 Å².